The minimum absolute atomic E-state index is 0.0408. The summed E-state index contributed by atoms with van der Waals surface area (Å²) in [4.78, 5) is 10.5. The van der Waals surface area contributed by atoms with Gasteiger partial charge >= 0.3 is 5.97 Å². The van der Waals surface area contributed by atoms with Crippen LogP contribution in [0.2, 0.25) is 0 Å². The van der Waals surface area contributed by atoms with Crippen molar-refractivity contribution in [3.63, 3.8) is 0 Å². The van der Waals surface area contributed by atoms with Crippen LogP contribution < -0.4 is 5.73 Å². The number of carboxylic acid groups (broad SMARTS) is 1. The van der Waals surface area contributed by atoms with Gasteiger partial charge in [0.1, 0.15) is 0 Å². The van der Waals surface area contributed by atoms with Gasteiger partial charge in [0.25, 0.3) is 0 Å². The van der Waals surface area contributed by atoms with Gasteiger partial charge in [-0.3, -0.25) is 4.79 Å². The summed E-state index contributed by atoms with van der Waals surface area (Å²) in [6.45, 7) is 0. The van der Waals surface area contributed by atoms with Crippen LogP contribution in [0.1, 0.15) is 24.5 Å². The van der Waals surface area contributed by atoms with Crippen molar-refractivity contribution >= 4 is 11.7 Å². The molecule has 0 amide bonds. The highest BCUT2D eigenvalue weighted by Gasteiger charge is 2.09. The molecule has 4 nitrogen and oxygen atoms in total. The fraction of sp³-hybridized carbons (Fsp3) is 0.188. The Morgan fingerprint density at radius 1 is 1.00 bits per heavy atom. The zero-order valence-corrected chi connectivity index (χ0v) is 11.0. The molecule has 0 radical (unpaired) electrons. The Morgan fingerprint density at radius 3 is 2.00 bits per heavy atom. The van der Waals surface area contributed by atoms with Gasteiger partial charge in [-0.25, -0.2) is 0 Å². The SMILES string of the molecule is Nc1ccc(-c2ccc(C(O)CCC(=O)O)cc2)cc1. The molecule has 0 fully saturated rings. The fourth-order valence-electron chi connectivity index (χ4n) is 2.00. The molecule has 0 bridgehead atoms. The lowest BCUT2D eigenvalue weighted by Crippen LogP contribution is -2.02. The molecule has 2 aromatic rings. The first-order valence-electron chi connectivity index (χ1n) is 6.42. The van der Waals surface area contributed by atoms with Crippen LogP contribution in [0.4, 0.5) is 5.69 Å². The van der Waals surface area contributed by atoms with Crippen LogP contribution in [0.3, 0.4) is 0 Å². The summed E-state index contributed by atoms with van der Waals surface area (Å²) in [7, 11) is 0. The third-order valence-corrected chi connectivity index (χ3v) is 3.17. The van der Waals surface area contributed by atoms with E-state index in [0.29, 0.717) is 0 Å². The second kappa shape index (κ2) is 6.21. The van der Waals surface area contributed by atoms with Crippen molar-refractivity contribution in [1.29, 1.82) is 0 Å². The normalized spacial score (nSPS) is 12.1. The lowest BCUT2D eigenvalue weighted by Gasteiger charge is -2.10. The predicted octanol–water partition coefficient (Wildman–Crippen LogP) is 2.83. The number of benzene rings is 2. The van der Waals surface area contributed by atoms with E-state index in [2.05, 4.69) is 0 Å². The van der Waals surface area contributed by atoms with Crippen molar-refractivity contribution in [3.05, 3.63) is 54.1 Å². The Balaban J connectivity index is 2.09. The Bertz CT molecular complexity index is 576. The third-order valence-electron chi connectivity index (χ3n) is 3.17. The van der Waals surface area contributed by atoms with Gasteiger partial charge in [0.15, 0.2) is 0 Å². The first kappa shape index (κ1) is 14.1. The van der Waals surface area contributed by atoms with E-state index in [4.69, 9.17) is 10.8 Å². The van der Waals surface area contributed by atoms with E-state index in [9.17, 15) is 9.90 Å². The molecule has 0 aromatic heterocycles. The molecule has 0 heterocycles. The van der Waals surface area contributed by atoms with Crippen LogP contribution >= 0.6 is 0 Å². The number of hydrogen-bond donors (Lipinski definition) is 3. The smallest absolute Gasteiger partial charge is 0.303 e. The van der Waals surface area contributed by atoms with Crippen molar-refractivity contribution in [2.45, 2.75) is 18.9 Å². The molecular formula is C16H17NO3. The van der Waals surface area contributed by atoms with Crippen LogP contribution in [0.25, 0.3) is 11.1 Å². The average molecular weight is 271 g/mol. The molecule has 0 aliphatic carbocycles. The maximum atomic E-state index is 10.5. The molecule has 4 N–H and O–H groups in total. The average Bonchev–Trinajstić information content (AvgIpc) is 2.46. The van der Waals surface area contributed by atoms with Gasteiger partial charge in [0.05, 0.1) is 6.10 Å². The van der Waals surface area contributed by atoms with Gasteiger partial charge in [0, 0.05) is 12.1 Å². The molecule has 20 heavy (non-hydrogen) atoms. The maximum absolute atomic E-state index is 10.5. The fourth-order valence-corrected chi connectivity index (χ4v) is 2.00. The van der Waals surface area contributed by atoms with Crippen molar-refractivity contribution in [1.82, 2.24) is 0 Å². The van der Waals surface area contributed by atoms with E-state index in [1.807, 2.05) is 48.5 Å². The molecule has 0 aliphatic rings. The highest BCUT2D eigenvalue weighted by atomic mass is 16.4. The summed E-state index contributed by atoms with van der Waals surface area (Å²) in [5, 5.41) is 18.5. The van der Waals surface area contributed by atoms with Crippen LogP contribution in [0.5, 0.6) is 0 Å². The van der Waals surface area contributed by atoms with Crippen molar-refractivity contribution in [2.24, 2.45) is 0 Å². The van der Waals surface area contributed by atoms with Crippen molar-refractivity contribution < 1.29 is 15.0 Å². The molecular weight excluding hydrogens is 254 g/mol. The molecule has 0 saturated heterocycles. The molecule has 0 saturated carbocycles. The Morgan fingerprint density at radius 2 is 1.50 bits per heavy atom. The number of rotatable bonds is 5. The molecule has 0 spiro atoms. The zero-order valence-electron chi connectivity index (χ0n) is 11.0. The number of aliphatic hydroxyl groups excluding tert-OH is 1. The predicted molar refractivity (Wildman–Crippen MR) is 78.1 cm³/mol. The van der Waals surface area contributed by atoms with Gasteiger partial charge in [-0.05, 0) is 35.2 Å². The number of anilines is 1. The Labute approximate surface area is 117 Å². The summed E-state index contributed by atoms with van der Waals surface area (Å²) < 4.78 is 0. The minimum atomic E-state index is -0.900. The molecule has 104 valence electrons. The molecule has 0 aliphatic heterocycles. The molecule has 2 rings (SSSR count). The number of carboxylic acids is 1. The van der Waals surface area contributed by atoms with Gasteiger partial charge in [0.2, 0.25) is 0 Å². The standard InChI is InChI=1S/C16H17NO3/c17-14-7-5-12(6-8-14)11-1-3-13(4-2-11)15(18)9-10-16(19)20/h1-8,15,18H,9-10,17H2,(H,19,20). The summed E-state index contributed by atoms with van der Waals surface area (Å²) in [6.07, 6.45) is -0.566. The lowest BCUT2D eigenvalue weighted by atomic mass is 10.00. The highest BCUT2D eigenvalue weighted by molar-refractivity contribution is 5.67. The van der Waals surface area contributed by atoms with Crippen LogP contribution in [-0.4, -0.2) is 16.2 Å². The molecule has 4 heteroatoms. The third kappa shape index (κ3) is 3.59. The quantitative estimate of drug-likeness (QED) is 0.730. The number of aliphatic hydroxyl groups is 1. The number of nitrogens with two attached hydrogens (primary N) is 1. The summed E-state index contributed by atoms with van der Waals surface area (Å²) >= 11 is 0. The van der Waals surface area contributed by atoms with Crippen LogP contribution in [0, 0.1) is 0 Å². The molecule has 2 aromatic carbocycles. The minimum Gasteiger partial charge on any atom is -0.481 e. The van der Waals surface area contributed by atoms with E-state index in [0.717, 1.165) is 22.4 Å². The number of hydrogen-bond acceptors (Lipinski definition) is 3. The van der Waals surface area contributed by atoms with Crippen molar-refractivity contribution in [2.75, 3.05) is 5.73 Å². The van der Waals surface area contributed by atoms with Gasteiger partial charge in [-0.2, -0.15) is 0 Å². The summed E-state index contributed by atoms with van der Waals surface area (Å²) in [6, 6.07) is 15.0. The van der Waals surface area contributed by atoms with Gasteiger partial charge in [-0.1, -0.05) is 36.4 Å². The van der Waals surface area contributed by atoms with Crippen LogP contribution in [0.15, 0.2) is 48.5 Å². The summed E-state index contributed by atoms with van der Waals surface area (Å²) in [5.74, 6) is -0.900. The summed E-state index contributed by atoms with van der Waals surface area (Å²) in [5.41, 5.74) is 9.16. The van der Waals surface area contributed by atoms with E-state index < -0.39 is 12.1 Å². The van der Waals surface area contributed by atoms with Gasteiger partial charge in [-0.15, -0.1) is 0 Å². The first-order valence-corrected chi connectivity index (χ1v) is 6.42. The second-order valence-corrected chi connectivity index (χ2v) is 4.69. The highest BCUT2D eigenvalue weighted by Crippen LogP contribution is 2.24. The number of nitrogen functional groups attached to an aromatic ring is 1. The second-order valence-electron chi connectivity index (χ2n) is 4.69. The van der Waals surface area contributed by atoms with Gasteiger partial charge < -0.3 is 15.9 Å². The zero-order chi connectivity index (χ0) is 14.5. The molecule has 1 atom stereocenters. The Hall–Kier alpha value is -2.33. The topological polar surface area (TPSA) is 83.5 Å². The number of aliphatic carboxylic acids is 1. The van der Waals surface area contributed by atoms with Crippen LogP contribution in [-0.2, 0) is 4.79 Å². The maximum Gasteiger partial charge on any atom is 0.303 e. The van der Waals surface area contributed by atoms with E-state index in [1.54, 1.807) is 0 Å². The lowest BCUT2D eigenvalue weighted by molar-refractivity contribution is -0.137. The monoisotopic (exact) mass is 271 g/mol. The van der Waals surface area contributed by atoms with E-state index in [1.165, 1.54) is 0 Å². The number of carbonyl (C=O) groups is 1. The largest absolute Gasteiger partial charge is 0.481 e. The molecule has 1 unspecified atom stereocenters. The van der Waals surface area contributed by atoms with E-state index >= 15 is 0 Å². The first-order chi connectivity index (χ1) is 9.56. The van der Waals surface area contributed by atoms with Crippen molar-refractivity contribution in [3.8, 4) is 11.1 Å². The van der Waals surface area contributed by atoms with E-state index in [-0.39, 0.29) is 12.8 Å². The Kier molecular flexibility index (Phi) is 4.38.